The number of nitrogens with zero attached hydrogens (tertiary/aromatic N) is 2. The maximum atomic E-state index is 12.1. The van der Waals surface area contributed by atoms with Gasteiger partial charge >= 0.3 is 0 Å². The molecule has 24 heavy (non-hydrogen) atoms. The lowest BCUT2D eigenvalue weighted by molar-refractivity contribution is -0.129. The van der Waals surface area contributed by atoms with E-state index in [-0.39, 0.29) is 18.6 Å². The Bertz CT molecular complexity index is 517. The molecule has 2 fully saturated rings. The summed E-state index contributed by atoms with van der Waals surface area (Å²) in [5, 5.41) is 3.17. The molecule has 0 aromatic carbocycles. The summed E-state index contributed by atoms with van der Waals surface area (Å²) in [6.45, 7) is 5.30. The largest absolute Gasteiger partial charge is 0.368 e. The topological polar surface area (TPSA) is 54.5 Å². The molecule has 1 amide bonds. The second-order valence-electron chi connectivity index (χ2n) is 7.21. The van der Waals surface area contributed by atoms with Crippen LogP contribution in [0.25, 0.3) is 0 Å². The molecular weight excluding hydrogens is 302 g/mol. The molecule has 2 aliphatic rings. The summed E-state index contributed by atoms with van der Waals surface area (Å²) in [5.41, 5.74) is 1.11. The third-order valence-electron chi connectivity index (χ3n) is 5.20. The van der Waals surface area contributed by atoms with Gasteiger partial charge in [0.05, 0.1) is 11.8 Å². The van der Waals surface area contributed by atoms with E-state index in [4.69, 9.17) is 4.74 Å². The summed E-state index contributed by atoms with van der Waals surface area (Å²) in [4.78, 5) is 18.9. The van der Waals surface area contributed by atoms with Crippen LogP contribution < -0.4 is 5.32 Å². The van der Waals surface area contributed by atoms with Gasteiger partial charge in [0.25, 0.3) is 0 Å². The van der Waals surface area contributed by atoms with E-state index in [0.717, 1.165) is 44.6 Å². The van der Waals surface area contributed by atoms with Crippen LogP contribution in [-0.2, 0) is 16.1 Å². The van der Waals surface area contributed by atoms with Gasteiger partial charge in [-0.15, -0.1) is 0 Å². The van der Waals surface area contributed by atoms with E-state index in [1.54, 1.807) is 0 Å². The second kappa shape index (κ2) is 8.58. The van der Waals surface area contributed by atoms with Crippen molar-refractivity contribution >= 4 is 5.91 Å². The van der Waals surface area contributed by atoms with Crippen LogP contribution >= 0.6 is 0 Å². The first-order valence-electron chi connectivity index (χ1n) is 9.24. The minimum absolute atomic E-state index is 0.0388. The number of carbonyl (C=O) groups excluding carboxylic acids is 1. The minimum atomic E-state index is 0.0388. The predicted octanol–water partition coefficient (Wildman–Crippen LogP) is 2.37. The molecule has 1 saturated carbocycles. The Hall–Kier alpha value is -1.46. The van der Waals surface area contributed by atoms with Crippen molar-refractivity contribution in [2.75, 3.05) is 19.7 Å². The van der Waals surface area contributed by atoms with E-state index in [2.05, 4.69) is 28.2 Å². The first kappa shape index (κ1) is 17.4. The van der Waals surface area contributed by atoms with Gasteiger partial charge in [-0.2, -0.15) is 0 Å². The maximum absolute atomic E-state index is 12.1. The number of hydrogen-bond donors (Lipinski definition) is 1. The Balaban J connectivity index is 1.39. The van der Waals surface area contributed by atoms with Crippen LogP contribution in [0, 0.1) is 5.92 Å². The number of piperidine rings is 1. The number of aromatic nitrogens is 1. The summed E-state index contributed by atoms with van der Waals surface area (Å²) in [6, 6.07) is 6.30. The first-order chi connectivity index (χ1) is 11.7. The quantitative estimate of drug-likeness (QED) is 0.869. The average Bonchev–Trinajstić information content (AvgIpc) is 3.10. The van der Waals surface area contributed by atoms with Gasteiger partial charge in [0.15, 0.2) is 0 Å². The van der Waals surface area contributed by atoms with Crippen molar-refractivity contribution in [2.45, 2.75) is 57.7 Å². The molecule has 1 aliphatic heterocycles. The second-order valence-corrected chi connectivity index (χ2v) is 7.21. The van der Waals surface area contributed by atoms with E-state index < -0.39 is 0 Å². The average molecular weight is 331 g/mol. The molecule has 0 bridgehead atoms. The van der Waals surface area contributed by atoms with Crippen molar-refractivity contribution in [3.05, 3.63) is 30.1 Å². The van der Waals surface area contributed by atoms with Crippen molar-refractivity contribution in [2.24, 2.45) is 5.92 Å². The predicted molar refractivity (Wildman–Crippen MR) is 93.4 cm³/mol. The van der Waals surface area contributed by atoms with Crippen LogP contribution in [0.2, 0.25) is 0 Å². The maximum Gasteiger partial charge on any atom is 0.246 e. The minimum Gasteiger partial charge on any atom is -0.368 e. The highest BCUT2D eigenvalue weighted by Gasteiger charge is 2.27. The number of pyridine rings is 1. The van der Waals surface area contributed by atoms with Gasteiger partial charge in [-0.3, -0.25) is 14.7 Å². The van der Waals surface area contributed by atoms with Gasteiger partial charge in [-0.05, 0) is 37.3 Å². The molecule has 2 heterocycles. The number of amides is 1. The van der Waals surface area contributed by atoms with Gasteiger partial charge in [-0.25, -0.2) is 0 Å². The number of carbonyl (C=O) groups is 1. The van der Waals surface area contributed by atoms with Crippen LogP contribution in [-0.4, -0.2) is 47.6 Å². The van der Waals surface area contributed by atoms with Gasteiger partial charge in [-0.1, -0.05) is 25.8 Å². The molecule has 1 N–H and O–H groups in total. The number of likely N-dealkylation sites (tertiary alicyclic amines) is 1. The summed E-state index contributed by atoms with van der Waals surface area (Å²) >= 11 is 0. The van der Waals surface area contributed by atoms with Crippen LogP contribution in [0.15, 0.2) is 24.4 Å². The van der Waals surface area contributed by atoms with Crippen LogP contribution in [0.4, 0.5) is 0 Å². The number of rotatable bonds is 6. The molecule has 1 aliphatic carbocycles. The molecule has 0 spiro atoms. The molecule has 0 radical (unpaired) electrons. The van der Waals surface area contributed by atoms with Crippen LogP contribution in [0.3, 0.4) is 0 Å². The summed E-state index contributed by atoms with van der Waals surface area (Å²) in [6.07, 6.45) is 7.81. The highest BCUT2D eigenvalue weighted by molar-refractivity contribution is 5.77. The summed E-state index contributed by atoms with van der Waals surface area (Å²) in [5.74, 6) is 0.481. The normalized spacial score (nSPS) is 25.7. The SMILES string of the molecule is CC1CN(Cc2ccccn2)CCC1NC(=O)COC1CCCC1. The van der Waals surface area contributed by atoms with Crippen molar-refractivity contribution in [1.29, 1.82) is 0 Å². The molecule has 1 aromatic heterocycles. The number of ether oxygens (including phenoxy) is 1. The van der Waals surface area contributed by atoms with Gasteiger partial charge in [0.1, 0.15) is 6.61 Å². The molecule has 1 saturated heterocycles. The van der Waals surface area contributed by atoms with Gasteiger partial charge in [0, 0.05) is 31.9 Å². The van der Waals surface area contributed by atoms with E-state index in [9.17, 15) is 4.79 Å². The van der Waals surface area contributed by atoms with Gasteiger partial charge < -0.3 is 10.1 Å². The standard InChI is InChI=1S/C19H29N3O2/c1-15-12-22(13-16-6-4-5-10-20-16)11-9-18(15)21-19(23)14-24-17-7-2-3-8-17/h4-6,10,15,17-18H,2-3,7-9,11-14H2,1H3,(H,21,23). The Kier molecular flexibility index (Phi) is 6.21. The third-order valence-corrected chi connectivity index (χ3v) is 5.20. The summed E-state index contributed by atoms with van der Waals surface area (Å²) in [7, 11) is 0. The van der Waals surface area contributed by atoms with Crippen molar-refractivity contribution in [3.63, 3.8) is 0 Å². The lowest BCUT2D eigenvalue weighted by Crippen LogP contribution is -2.50. The lowest BCUT2D eigenvalue weighted by Gasteiger charge is -2.37. The molecule has 132 valence electrons. The highest BCUT2D eigenvalue weighted by Crippen LogP contribution is 2.21. The zero-order valence-corrected chi connectivity index (χ0v) is 14.6. The monoisotopic (exact) mass is 331 g/mol. The van der Waals surface area contributed by atoms with E-state index >= 15 is 0 Å². The third kappa shape index (κ3) is 5.02. The van der Waals surface area contributed by atoms with E-state index in [1.807, 2.05) is 18.3 Å². The van der Waals surface area contributed by atoms with Crippen molar-refractivity contribution in [3.8, 4) is 0 Å². The molecule has 3 rings (SSSR count). The molecule has 5 nitrogen and oxygen atoms in total. The number of hydrogen-bond acceptors (Lipinski definition) is 4. The van der Waals surface area contributed by atoms with E-state index in [1.165, 1.54) is 12.8 Å². The fourth-order valence-electron chi connectivity index (χ4n) is 3.81. The Morgan fingerprint density at radius 1 is 1.33 bits per heavy atom. The highest BCUT2D eigenvalue weighted by atomic mass is 16.5. The first-order valence-corrected chi connectivity index (χ1v) is 9.24. The molecule has 2 atom stereocenters. The lowest BCUT2D eigenvalue weighted by atomic mass is 9.93. The molecule has 2 unspecified atom stereocenters. The summed E-state index contributed by atoms with van der Waals surface area (Å²) < 4.78 is 5.71. The molecular formula is C19H29N3O2. The fourth-order valence-corrected chi connectivity index (χ4v) is 3.81. The van der Waals surface area contributed by atoms with Crippen molar-refractivity contribution in [1.82, 2.24) is 15.2 Å². The Labute approximate surface area is 144 Å². The fraction of sp³-hybridized carbons (Fsp3) is 0.684. The molecule has 5 heteroatoms. The zero-order chi connectivity index (χ0) is 16.8. The van der Waals surface area contributed by atoms with Crippen LogP contribution in [0.1, 0.15) is 44.7 Å². The van der Waals surface area contributed by atoms with Crippen molar-refractivity contribution < 1.29 is 9.53 Å². The Morgan fingerprint density at radius 2 is 2.17 bits per heavy atom. The molecule has 1 aromatic rings. The van der Waals surface area contributed by atoms with Gasteiger partial charge in [0.2, 0.25) is 5.91 Å². The number of nitrogens with one attached hydrogen (secondary N) is 1. The zero-order valence-electron chi connectivity index (χ0n) is 14.6. The van der Waals surface area contributed by atoms with Crippen LogP contribution in [0.5, 0.6) is 0 Å². The smallest absolute Gasteiger partial charge is 0.246 e. The van der Waals surface area contributed by atoms with E-state index in [0.29, 0.717) is 12.0 Å². The Morgan fingerprint density at radius 3 is 2.88 bits per heavy atom.